The Kier molecular flexibility index (Phi) is 12.9. The van der Waals surface area contributed by atoms with Crippen molar-refractivity contribution in [3.63, 3.8) is 0 Å². The van der Waals surface area contributed by atoms with E-state index in [2.05, 4.69) is 54.5 Å². The van der Waals surface area contributed by atoms with Crippen molar-refractivity contribution in [1.82, 2.24) is 15.3 Å². The molecule has 4 fully saturated rings. The van der Waals surface area contributed by atoms with Crippen molar-refractivity contribution in [2.45, 2.75) is 49.6 Å². The van der Waals surface area contributed by atoms with Gasteiger partial charge in [0, 0.05) is 39.4 Å². The number of pyridine rings is 2. The number of anilines is 3. The molecule has 4 heterocycles. The first-order valence-corrected chi connectivity index (χ1v) is 16.4. The summed E-state index contributed by atoms with van der Waals surface area (Å²) >= 11 is 4.36. The van der Waals surface area contributed by atoms with E-state index in [1.165, 1.54) is 12.5 Å². The quantitative estimate of drug-likeness (QED) is 0.210. The molecule has 0 radical (unpaired) electrons. The van der Waals surface area contributed by atoms with Crippen molar-refractivity contribution in [2.24, 2.45) is 0 Å². The second kappa shape index (κ2) is 16.1. The number of hydrogen-bond donors (Lipinski definition) is 5. The van der Waals surface area contributed by atoms with Crippen molar-refractivity contribution in [3.8, 4) is 0 Å². The summed E-state index contributed by atoms with van der Waals surface area (Å²) in [5.41, 5.74) is -0.427. The van der Waals surface area contributed by atoms with Gasteiger partial charge in [-0.25, -0.2) is 9.97 Å². The number of halogens is 3. The molecule has 2 saturated carbocycles. The molecule has 0 bridgehead atoms. The zero-order chi connectivity index (χ0) is 29.1. The van der Waals surface area contributed by atoms with E-state index >= 15 is 0 Å². The lowest BCUT2D eigenvalue weighted by molar-refractivity contribution is 0.109. The Hall–Kier alpha value is -1.11. The van der Waals surface area contributed by atoms with Gasteiger partial charge in [0.05, 0.1) is 50.7 Å². The van der Waals surface area contributed by atoms with Crippen LogP contribution in [0.25, 0.3) is 0 Å². The zero-order valence-corrected chi connectivity index (χ0v) is 27.6. The Morgan fingerprint density at radius 2 is 1.32 bits per heavy atom. The highest BCUT2D eigenvalue weighted by Gasteiger charge is 2.37. The highest BCUT2D eigenvalue weighted by Crippen LogP contribution is 2.36. The standard InChI is InChI=1S/C14H20IN3O2.C10H12FIN2O.C4H9NO/c15-11-8-12(17-14(10-19)2-1-3-14)16-13(9-11)18-4-6-20-7-5-18;11-8-4-7(12)5-9(13-8)14-10(6-15)2-1-3-10;1-3-6-4-2-5-1/h8-9,19H,1-7,10H2,(H,16,17);4-5,15H,1-3,6H2,(H,13,14);5H,1-4H2. The lowest BCUT2D eigenvalue weighted by atomic mass is 9.77. The highest BCUT2D eigenvalue weighted by molar-refractivity contribution is 14.1. The molecule has 41 heavy (non-hydrogen) atoms. The maximum absolute atomic E-state index is 13.0. The van der Waals surface area contributed by atoms with Crippen LogP contribution in [0.5, 0.6) is 0 Å². The van der Waals surface area contributed by atoms with Gasteiger partial charge in [-0.1, -0.05) is 0 Å². The second-order valence-corrected chi connectivity index (χ2v) is 13.3. The first-order chi connectivity index (χ1) is 19.8. The number of aromatic nitrogens is 2. The summed E-state index contributed by atoms with van der Waals surface area (Å²) in [6, 6.07) is 7.29. The molecule has 0 amide bonds. The predicted molar refractivity (Wildman–Crippen MR) is 175 cm³/mol. The molecule has 2 aliphatic heterocycles. The van der Waals surface area contributed by atoms with E-state index in [4.69, 9.17) is 14.5 Å². The van der Waals surface area contributed by atoms with E-state index in [1.54, 1.807) is 6.07 Å². The van der Waals surface area contributed by atoms with Crippen LogP contribution in [0.3, 0.4) is 0 Å². The number of morpholine rings is 2. The van der Waals surface area contributed by atoms with Crippen LogP contribution >= 0.6 is 45.2 Å². The average molecular weight is 798 g/mol. The van der Waals surface area contributed by atoms with Gasteiger partial charge in [-0.2, -0.15) is 4.39 Å². The topological polar surface area (TPSA) is 124 Å². The molecule has 2 aromatic rings. The third-order valence-electron chi connectivity index (χ3n) is 7.73. The summed E-state index contributed by atoms with van der Waals surface area (Å²) in [7, 11) is 0. The smallest absolute Gasteiger partial charge is 0.215 e. The molecule has 0 atom stereocenters. The molecule has 5 N–H and O–H groups in total. The fraction of sp³-hybridized carbons (Fsp3) is 0.643. The molecule has 2 aromatic heterocycles. The number of rotatable bonds is 7. The molecule has 0 spiro atoms. The van der Waals surface area contributed by atoms with Crippen LogP contribution in [-0.2, 0) is 9.47 Å². The second-order valence-electron chi connectivity index (χ2n) is 10.8. The Bertz CT molecular complexity index is 1060. The monoisotopic (exact) mass is 798 g/mol. The number of nitrogens with one attached hydrogen (secondary N) is 3. The molecule has 13 heteroatoms. The first kappa shape index (κ1) is 32.8. The first-order valence-electron chi connectivity index (χ1n) is 14.2. The van der Waals surface area contributed by atoms with Gasteiger partial charge in [0.1, 0.15) is 17.5 Å². The predicted octanol–water partition coefficient (Wildman–Crippen LogP) is 3.61. The third-order valence-corrected chi connectivity index (χ3v) is 8.98. The lowest BCUT2D eigenvalue weighted by Crippen LogP contribution is -2.48. The molecule has 4 aliphatic rings. The molecule has 228 valence electrons. The van der Waals surface area contributed by atoms with Gasteiger partial charge < -0.3 is 40.5 Å². The van der Waals surface area contributed by atoms with Crippen LogP contribution in [-0.4, -0.2) is 97.1 Å². The number of aliphatic hydroxyl groups is 2. The van der Waals surface area contributed by atoms with Crippen molar-refractivity contribution in [2.75, 3.05) is 81.4 Å². The molecule has 10 nitrogen and oxygen atoms in total. The van der Waals surface area contributed by atoms with E-state index in [-0.39, 0.29) is 24.3 Å². The van der Waals surface area contributed by atoms with E-state index in [9.17, 15) is 14.6 Å². The van der Waals surface area contributed by atoms with E-state index < -0.39 is 5.95 Å². The van der Waals surface area contributed by atoms with E-state index in [0.717, 1.165) is 103 Å². The average Bonchev–Trinajstić information content (AvgIpc) is 2.94. The summed E-state index contributed by atoms with van der Waals surface area (Å²) in [5, 5.41) is 28.5. The van der Waals surface area contributed by atoms with Gasteiger partial charge in [-0.15, -0.1) is 0 Å². The van der Waals surface area contributed by atoms with Gasteiger partial charge >= 0.3 is 0 Å². The van der Waals surface area contributed by atoms with Gasteiger partial charge in [-0.05, 0) is 102 Å². The Labute approximate surface area is 268 Å². The third kappa shape index (κ3) is 9.96. The number of aliphatic hydroxyl groups excluding tert-OH is 2. The van der Waals surface area contributed by atoms with Crippen LogP contribution in [0.2, 0.25) is 0 Å². The highest BCUT2D eigenvalue weighted by atomic mass is 127. The largest absolute Gasteiger partial charge is 0.394 e. The van der Waals surface area contributed by atoms with E-state index in [1.807, 2.05) is 28.7 Å². The molecule has 0 unspecified atom stereocenters. The Morgan fingerprint density at radius 3 is 1.73 bits per heavy atom. The van der Waals surface area contributed by atoms with Crippen LogP contribution in [0, 0.1) is 13.1 Å². The Morgan fingerprint density at radius 1 is 0.805 bits per heavy atom. The minimum absolute atomic E-state index is 0.0712. The lowest BCUT2D eigenvalue weighted by Gasteiger charge is -2.41. The van der Waals surface area contributed by atoms with Crippen molar-refractivity contribution >= 4 is 62.6 Å². The van der Waals surface area contributed by atoms with Crippen molar-refractivity contribution < 1.29 is 24.1 Å². The van der Waals surface area contributed by atoms with Gasteiger partial charge in [-0.3, -0.25) is 0 Å². The Balaban J connectivity index is 0.000000161. The van der Waals surface area contributed by atoms with Crippen LogP contribution < -0.4 is 20.9 Å². The SMILES string of the molecule is C1COCCN1.OCC1(Nc2cc(I)cc(F)n2)CCC1.OCC1(Nc2cc(I)cc(N3CCOCC3)n2)CCC1. The molecule has 2 saturated heterocycles. The van der Waals surface area contributed by atoms with Crippen LogP contribution in [0.4, 0.5) is 21.8 Å². The minimum atomic E-state index is -0.489. The summed E-state index contributed by atoms with van der Waals surface area (Å²) in [6.07, 6.45) is 6.14. The fourth-order valence-electron chi connectivity index (χ4n) is 4.94. The molecule has 6 rings (SSSR count). The molecule has 2 aliphatic carbocycles. The fourth-order valence-corrected chi connectivity index (χ4v) is 6.07. The normalized spacial score (nSPS) is 20.7. The van der Waals surface area contributed by atoms with Gasteiger partial charge in [0.2, 0.25) is 5.95 Å². The molecule has 0 aromatic carbocycles. The maximum Gasteiger partial charge on any atom is 0.215 e. The summed E-state index contributed by atoms with van der Waals surface area (Å²) in [5.74, 6) is 1.88. The van der Waals surface area contributed by atoms with Crippen molar-refractivity contribution in [1.29, 1.82) is 0 Å². The van der Waals surface area contributed by atoms with Crippen LogP contribution in [0.15, 0.2) is 24.3 Å². The van der Waals surface area contributed by atoms with Gasteiger partial charge in [0.25, 0.3) is 0 Å². The number of hydrogen-bond acceptors (Lipinski definition) is 10. The maximum atomic E-state index is 13.0. The zero-order valence-electron chi connectivity index (χ0n) is 23.3. The van der Waals surface area contributed by atoms with Crippen LogP contribution in [0.1, 0.15) is 38.5 Å². The minimum Gasteiger partial charge on any atom is -0.394 e. The van der Waals surface area contributed by atoms with Gasteiger partial charge in [0.15, 0.2) is 0 Å². The molecular weight excluding hydrogens is 757 g/mol. The van der Waals surface area contributed by atoms with E-state index in [0.29, 0.717) is 5.82 Å². The summed E-state index contributed by atoms with van der Waals surface area (Å²) in [6.45, 7) is 7.37. The summed E-state index contributed by atoms with van der Waals surface area (Å²) < 4.78 is 25.4. The number of nitrogens with zero attached hydrogens (tertiary/aromatic N) is 3. The van der Waals surface area contributed by atoms with Crippen molar-refractivity contribution in [3.05, 3.63) is 37.4 Å². The summed E-state index contributed by atoms with van der Waals surface area (Å²) in [4.78, 5) is 10.7. The number of ether oxygens (including phenoxy) is 2. The molecular formula is C28H41FI2N6O4.